The Kier molecular flexibility index (Phi) is 2.59. The number of nitrogens with one attached hydrogen (secondary N) is 1. The Morgan fingerprint density at radius 3 is 2.40 bits per heavy atom. The highest BCUT2D eigenvalue weighted by Gasteiger charge is 2.08. The van der Waals surface area contributed by atoms with E-state index in [1.165, 1.54) is 24.3 Å². The summed E-state index contributed by atoms with van der Waals surface area (Å²) >= 11 is 4.70. The van der Waals surface area contributed by atoms with Crippen molar-refractivity contribution in [1.29, 1.82) is 0 Å². The largest absolute Gasteiger partial charge is 0.409 e. The van der Waals surface area contributed by atoms with Crippen molar-refractivity contribution in [2.75, 3.05) is 0 Å². The highest BCUT2D eigenvalue weighted by Crippen LogP contribution is 2.22. The fourth-order valence-electron chi connectivity index (χ4n) is 1.12. The summed E-state index contributed by atoms with van der Waals surface area (Å²) in [6.07, 6.45) is -2.47. The third-order valence-electron chi connectivity index (χ3n) is 1.85. The summed E-state index contributed by atoms with van der Waals surface area (Å²) in [5, 5.41) is 6.23. The van der Waals surface area contributed by atoms with Gasteiger partial charge in [0, 0.05) is 11.1 Å². The number of aromatic amines is 1. The molecule has 0 unspecified atom stereocenters. The Balaban J connectivity index is 2.35. The van der Waals surface area contributed by atoms with Gasteiger partial charge in [0.05, 0.1) is 0 Å². The summed E-state index contributed by atoms with van der Waals surface area (Å²) < 4.78 is 29.5. The number of hydrogen-bond acceptors (Lipinski definition) is 3. The molecule has 2 rings (SSSR count). The molecule has 0 atom stereocenters. The van der Waals surface area contributed by atoms with Gasteiger partial charge in [-0.2, -0.15) is 0 Å². The van der Waals surface area contributed by atoms with E-state index in [1.807, 2.05) is 0 Å². The molecule has 1 heterocycles. The third kappa shape index (κ3) is 2.10. The van der Waals surface area contributed by atoms with Crippen LogP contribution in [0.1, 0.15) is 12.0 Å². The number of benzene rings is 1. The van der Waals surface area contributed by atoms with Crippen LogP contribution in [-0.2, 0) is 0 Å². The second-order valence-electron chi connectivity index (χ2n) is 2.84. The number of nitrogens with zero attached hydrogens (tertiary/aromatic N) is 1. The average molecular weight is 228 g/mol. The van der Waals surface area contributed by atoms with Crippen LogP contribution in [0, 0.1) is 4.84 Å². The van der Waals surface area contributed by atoms with Crippen LogP contribution >= 0.6 is 12.2 Å². The molecule has 0 radical (unpaired) electrons. The van der Waals surface area contributed by atoms with Gasteiger partial charge in [-0.25, -0.2) is 13.9 Å². The van der Waals surface area contributed by atoms with E-state index in [0.717, 1.165) is 0 Å². The topological polar surface area (TPSA) is 41.8 Å². The summed E-state index contributed by atoms with van der Waals surface area (Å²) in [5.74, 6) is 0.292. The quantitative estimate of drug-likeness (QED) is 0.801. The van der Waals surface area contributed by atoms with Crippen molar-refractivity contribution < 1.29 is 13.2 Å². The average Bonchev–Trinajstić information content (AvgIpc) is 2.65. The van der Waals surface area contributed by atoms with E-state index in [0.29, 0.717) is 11.5 Å². The highest BCUT2D eigenvalue weighted by molar-refractivity contribution is 7.71. The van der Waals surface area contributed by atoms with Gasteiger partial charge in [-0.05, 0) is 24.4 Å². The van der Waals surface area contributed by atoms with Crippen molar-refractivity contribution in [2.24, 2.45) is 0 Å². The Bertz CT molecular complexity index is 503. The first kappa shape index (κ1) is 9.97. The molecule has 0 aliphatic carbocycles. The maximum atomic E-state index is 12.2. The van der Waals surface area contributed by atoms with E-state index in [-0.39, 0.29) is 10.4 Å². The minimum absolute atomic E-state index is 0.0344. The van der Waals surface area contributed by atoms with E-state index in [4.69, 9.17) is 16.6 Å². The Morgan fingerprint density at radius 1 is 1.27 bits per heavy atom. The highest BCUT2D eigenvalue weighted by atomic mass is 32.1. The summed E-state index contributed by atoms with van der Waals surface area (Å²) in [5.41, 5.74) is 0.569. The third-order valence-corrected chi connectivity index (χ3v) is 2.02. The first-order valence-electron chi connectivity index (χ1n) is 4.11. The van der Waals surface area contributed by atoms with Crippen molar-refractivity contribution in [2.45, 2.75) is 6.43 Å². The molecule has 0 fully saturated rings. The number of hydrogen-bond donors (Lipinski definition) is 1. The lowest BCUT2D eigenvalue weighted by molar-refractivity contribution is 0.151. The molecule has 0 saturated heterocycles. The molecule has 6 heteroatoms. The normalized spacial score (nSPS) is 10.9. The van der Waals surface area contributed by atoms with Crippen LogP contribution in [0.2, 0.25) is 0 Å². The lowest BCUT2D eigenvalue weighted by Gasteiger charge is -1.99. The van der Waals surface area contributed by atoms with Crippen LogP contribution in [0.15, 0.2) is 28.7 Å². The van der Waals surface area contributed by atoms with Gasteiger partial charge in [0.15, 0.2) is 0 Å². The molecular weight excluding hydrogens is 222 g/mol. The first-order valence-corrected chi connectivity index (χ1v) is 4.51. The SMILES string of the molecule is FC(F)c1ccc(-c2n[nH]c(=S)o2)cc1. The van der Waals surface area contributed by atoms with E-state index < -0.39 is 6.43 Å². The molecule has 0 aliphatic rings. The maximum absolute atomic E-state index is 12.2. The molecule has 78 valence electrons. The van der Waals surface area contributed by atoms with E-state index in [9.17, 15) is 8.78 Å². The lowest BCUT2D eigenvalue weighted by Crippen LogP contribution is -1.84. The standard InChI is InChI=1S/C9H6F2N2OS/c10-7(11)5-1-3-6(4-2-5)8-12-13-9(15)14-8/h1-4,7H,(H,13,15). The molecule has 3 nitrogen and oxygen atoms in total. The summed E-state index contributed by atoms with van der Waals surface area (Å²) in [6.45, 7) is 0. The van der Waals surface area contributed by atoms with Gasteiger partial charge in [-0.3, -0.25) is 0 Å². The Morgan fingerprint density at radius 2 is 1.93 bits per heavy atom. The molecule has 0 amide bonds. The second kappa shape index (κ2) is 3.90. The van der Waals surface area contributed by atoms with Crippen molar-refractivity contribution in [3.05, 3.63) is 34.7 Å². The van der Waals surface area contributed by atoms with E-state index in [2.05, 4.69) is 10.2 Å². The fourth-order valence-corrected chi connectivity index (χ4v) is 1.25. The van der Waals surface area contributed by atoms with Crippen LogP contribution in [0.4, 0.5) is 8.78 Å². The van der Waals surface area contributed by atoms with Crippen molar-refractivity contribution in [1.82, 2.24) is 10.2 Å². The van der Waals surface area contributed by atoms with Crippen LogP contribution in [0.3, 0.4) is 0 Å². The van der Waals surface area contributed by atoms with Crippen molar-refractivity contribution in [3.63, 3.8) is 0 Å². The molecular formula is C9H6F2N2OS. The zero-order valence-electron chi connectivity index (χ0n) is 7.41. The van der Waals surface area contributed by atoms with Gasteiger partial charge in [0.1, 0.15) is 0 Å². The number of halogens is 2. The van der Waals surface area contributed by atoms with Crippen LogP contribution in [0.25, 0.3) is 11.5 Å². The maximum Gasteiger partial charge on any atom is 0.284 e. The van der Waals surface area contributed by atoms with Gasteiger partial charge in [-0.15, -0.1) is 5.10 Å². The zero-order chi connectivity index (χ0) is 10.8. The van der Waals surface area contributed by atoms with E-state index in [1.54, 1.807) is 0 Å². The molecule has 1 aromatic heterocycles. The molecule has 1 N–H and O–H groups in total. The monoisotopic (exact) mass is 228 g/mol. The minimum atomic E-state index is -2.47. The fraction of sp³-hybridized carbons (Fsp3) is 0.111. The van der Waals surface area contributed by atoms with Crippen LogP contribution in [-0.4, -0.2) is 10.2 Å². The minimum Gasteiger partial charge on any atom is -0.409 e. The molecule has 0 spiro atoms. The summed E-state index contributed by atoms with van der Waals surface area (Å²) in [4.78, 5) is 0.155. The molecule has 15 heavy (non-hydrogen) atoms. The predicted molar refractivity (Wildman–Crippen MR) is 52.1 cm³/mol. The zero-order valence-corrected chi connectivity index (χ0v) is 8.22. The van der Waals surface area contributed by atoms with Crippen LogP contribution in [0.5, 0.6) is 0 Å². The van der Waals surface area contributed by atoms with Crippen molar-refractivity contribution >= 4 is 12.2 Å². The van der Waals surface area contributed by atoms with Gasteiger partial charge in [0.2, 0.25) is 5.89 Å². The van der Waals surface area contributed by atoms with E-state index >= 15 is 0 Å². The molecule has 0 aliphatic heterocycles. The van der Waals surface area contributed by atoms with Gasteiger partial charge >= 0.3 is 0 Å². The smallest absolute Gasteiger partial charge is 0.284 e. The molecule has 2 aromatic rings. The molecule has 1 aromatic carbocycles. The number of aromatic nitrogens is 2. The number of alkyl halides is 2. The summed E-state index contributed by atoms with van der Waals surface area (Å²) in [7, 11) is 0. The van der Waals surface area contributed by atoms with Crippen molar-refractivity contribution in [3.8, 4) is 11.5 Å². The van der Waals surface area contributed by atoms with Crippen LogP contribution < -0.4 is 0 Å². The van der Waals surface area contributed by atoms with Gasteiger partial charge < -0.3 is 4.42 Å². The molecule has 0 bridgehead atoms. The molecule has 0 saturated carbocycles. The van der Waals surface area contributed by atoms with Gasteiger partial charge in [0.25, 0.3) is 11.3 Å². The second-order valence-corrected chi connectivity index (χ2v) is 3.21. The predicted octanol–water partition coefficient (Wildman–Crippen LogP) is 3.34. The first-order chi connectivity index (χ1) is 7.16. The number of rotatable bonds is 2. The van der Waals surface area contributed by atoms with Gasteiger partial charge in [-0.1, -0.05) is 12.1 Å². The summed E-state index contributed by atoms with van der Waals surface area (Å²) in [6, 6.07) is 5.67. The Labute approximate surface area is 88.7 Å². The number of H-pyrrole nitrogens is 1. The Hall–Kier alpha value is -1.56. The lowest BCUT2D eigenvalue weighted by atomic mass is 10.1.